The zero-order valence-corrected chi connectivity index (χ0v) is 20.7. The third kappa shape index (κ3) is 4.78. The van der Waals surface area contributed by atoms with Gasteiger partial charge in [-0.05, 0) is 51.3 Å². The number of anilines is 1. The third-order valence-electron chi connectivity index (χ3n) is 6.76. The van der Waals surface area contributed by atoms with E-state index < -0.39 is 24.0 Å². The van der Waals surface area contributed by atoms with Gasteiger partial charge in [-0.2, -0.15) is 13.2 Å². The van der Waals surface area contributed by atoms with Crippen molar-refractivity contribution >= 4 is 27.4 Å². The fraction of sp³-hybridized carbons (Fsp3) is 0.609. The van der Waals surface area contributed by atoms with Crippen LogP contribution in [0.3, 0.4) is 0 Å². The normalized spacial score (nSPS) is 17.9. The molecule has 0 bridgehead atoms. The minimum atomic E-state index is -4.87. The highest BCUT2D eigenvalue weighted by Gasteiger charge is 2.57. The highest BCUT2D eigenvalue weighted by atomic mass is 32.1. The van der Waals surface area contributed by atoms with Gasteiger partial charge in [0.15, 0.2) is 0 Å². The van der Waals surface area contributed by atoms with Crippen LogP contribution >= 0.6 is 11.3 Å². The Bertz CT molecular complexity index is 1150. The number of aryl methyl sites for hydroxylation is 3. The molecule has 34 heavy (non-hydrogen) atoms. The highest BCUT2D eigenvalue weighted by molar-refractivity contribution is 7.18. The Morgan fingerprint density at radius 2 is 1.91 bits per heavy atom. The molecule has 0 aromatic carbocycles. The SMILES string of the molecule is Cc1sc2nc(CN3CCC(C)CC3)nc(NCC[C@](O)(c3nccn3C)C(F)(F)F)c2c1C. The number of hydrogen-bond donors (Lipinski definition) is 2. The smallest absolute Gasteiger partial charge is 0.374 e. The number of piperidine rings is 1. The first-order chi connectivity index (χ1) is 16.0. The number of aliphatic hydroxyl groups is 1. The first-order valence-electron chi connectivity index (χ1n) is 11.5. The van der Waals surface area contributed by atoms with Crippen LogP contribution in [0.4, 0.5) is 19.0 Å². The van der Waals surface area contributed by atoms with Gasteiger partial charge in [-0.15, -0.1) is 11.3 Å². The van der Waals surface area contributed by atoms with Crippen LogP contribution in [-0.2, 0) is 19.2 Å². The molecule has 1 atom stereocenters. The van der Waals surface area contributed by atoms with Crippen LogP contribution in [0.15, 0.2) is 12.4 Å². The van der Waals surface area contributed by atoms with Crippen molar-refractivity contribution in [2.75, 3.05) is 25.0 Å². The van der Waals surface area contributed by atoms with Gasteiger partial charge in [-0.3, -0.25) is 4.90 Å². The Morgan fingerprint density at radius 1 is 1.21 bits per heavy atom. The van der Waals surface area contributed by atoms with Crippen molar-refractivity contribution in [2.45, 2.75) is 58.4 Å². The molecule has 2 N–H and O–H groups in total. The summed E-state index contributed by atoms with van der Waals surface area (Å²) < 4.78 is 42.9. The summed E-state index contributed by atoms with van der Waals surface area (Å²) in [4.78, 5) is 17.5. The molecule has 0 amide bonds. The average molecular weight is 497 g/mol. The number of likely N-dealkylation sites (tertiary alicyclic amines) is 1. The lowest BCUT2D eigenvalue weighted by molar-refractivity contribution is -0.271. The first kappa shape index (κ1) is 24.9. The number of imidazole rings is 1. The number of thiophene rings is 1. The fourth-order valence-corrected chi connectivity index (χ4v) is 5.47. The molecule has 3 aromatic heterocycles. The van der Waals surface area contributed by atoms with Crippen LogP contribution < -0.4 is 5.32 Å². The molecule has 4 heterocycles. The monoisotopic (exact) mass is 496 g/mol. The molecular formula is C23H31F3N6OS. The number of nitrogens with one attached hydrogen (secondary N) is 1. The number of halogens is 3. The summed E-state index contributed by atoms with van der Waals surface area (Å²) in [6.07, 6.45) is -0.576. The Labute approximate surface area is 201 Å². The van der Waals surface area contributed by atoms with Crippen molar-refractivity contribution in [3.8, 4) is 0 Å². The van der Waals surface area contributed by atoms with Gasteiger partial charge in [-0.1, -0.05) is 6.92 Å². The maximum Gasteiger partial charge on any atom is 0.424 e. The van der Waals surface area contributed by atoms with E-state index in [1.807, 2.05) is 13.8 Å². The molecule has 0 spiro atoms. The summed E-state index contributed by atoms with van der Waals surface area (Å²) in [5.74, 6) is 1.44. The van der Waals surface area contributed by atoms with Gasteiger partial charge >= 0.3 is 6.18 Å². The zero-order valence-electron chi connectivity index (χ0n) is 19.9. The number of aromatic nitrogens is 4. The number of nitrogens with zero attached hydrogens (tertiary/aromatic N) is 5. The second-order valence-electron chi connectivity index (χ2n) is 9.31. The standard InChI is InChI=1S/C23H31F3N6OS/c1-14-5-10-32(11-6-14)13-17-29-19(18-15(2)16(3)34-20(18)30-17)27-8-7-22(33,23(24,25)26)21-28-9-12-31(21)4/h9,12,14,33H,5-8,10-11,13H2,1-4H3,(H,27,29,30)/t22-/m0/s1. The average Bonchev–Trinajstić information content (AvgIpc) is 3.32. The van der Waals surface area contributed by atoms with Crippen molar-refractivity contribution in [3.63, 3.8) is 0 Å². The van der Waals surface area contributed by atoms with E-state index in [1.54, 1.807) is 11.3 Å². The van der Waals surface area contributed by atoms with Crippen LogP contribution in [-0.4, -0.2) is 55.3 Å². The van der Waals surface area contributed by atoms with Crippen molar-refractivity contribution in [1.29, 1.82) is 0 Å². The van der Waals surface area contributed by atoms with Gasteiger partial charge in [0.2, 0.25) is 5.60 Å². The van der Waals surface area contributed by atoms with Crippen molar-refractivity contribution in [3.05, 3.63) is 34.5 Å². The molecule has 0 radical (unpaired) electrons. The molecule has 7 nitrogen and oxygen atoms in total. The molecule has 1 saturated heterocycles. The van der Waals surface area contributed by atoms with Crippen molar-refractivity contribution in [1.82, 2.24) is 24.4 Å². The number of hydrogen-bond acceptors (Lipinski definition) is 7. The number of alkyl halides is 3. The minimum Gasteiger partial charge on any atom is -0.374 e. The Morgan fingerprint density at radius 3 is 2.53 bits per heavy atom. The van der Waals surface area contributed by atoms with Crippen LogP contribution in [0.5, 0.6) is 0 Å². The molecule has 1 fully saturated rings. The van der Waals surface area contributed by atoms with E-state index in [1.165, 1.54) is 24.0 Å². The maximum absolute atomic E-state index is 13.9. The summed E-state index contributed by atoms with van der Waals surface area (Å²) >= 11 is 1.56. The Hall–Kier alpha value is -2.24. The molecule has 186 valence electrons. The molecule has 1 aliphatic heterocycles. The van der Waals surface area contributed by atoms with E-state index in [0.29, 0.717) is 24.1 Å². The summed E-state index contributed by atoms with van der Waals surface area (Å²) in [5, 5.41) is 14.5. The largest absolute Gasteiger partial charge is 0.424 e. The van der Waals surface area contributed by atoms with Crippen LogP contribution in [0, 0.1) is 19.8 Å². The van der Waals surface area contributed by atoms with Crippen LogP contribution in [0.2, 0.25) is 0 Å². The molecule has 0 unspecified atom stereocenters. The summed E-state index contributed by atoms with van der Waals surface area (Å²) in [6.45, 7) is 8.66. The summed E-state index contributed by atoms with van der Waals surface area (Å²) in [7, 11) is 1.44. The minimum absolute atomic E-state index is 0.135. The van der Waals surface area contributed by atoms with Crippen molar-refractivity contribution < 1.29 is 18.3 Å². The Kier molecular flexibility index (Phi) is 6.90. The van der Waals surface area contributed by atoms with Gasteiger partial charge < -0.3 is 15.0 Å². The van der Waals surface area contributed by atoms with Gasteiger partial charge in [-0.25, -0.2) is 15.0 Å². The fourth-order valence-electron chi connectivity index (χ4n) is 4.42. The zero-order chi connectivity index (χ0) is 24.7. The van der Waals surface area contributed by atoms with E-state index in [2.05, 4.69) is 22.1 Å². The van der Waals surface area contributed by atoms with E-state index in [0.717, 1.165) is 46.6 Å². The van der Waals surface area contributed by atoms with Gasteiger partial charge in [0.1, 0.15) is 22.3 Å². The van der Waals surface area contributed by atoms with E-state index in [4.69, 9.17) is 9.97 Å². The van der Waals surface area contributed by atoms with Crippen LogP contribution in [0.25, 0.3) is 10.2 Å². The molecule has 3 aromatic rings. The van der Waals surface area contributed by atoms with Gasteiger partial charge in [0.05, 0.1) is 11.9 Å². The first-order valence-corrected chi connectivity index (χ1v) is 12.3. The second kappa shape index (κ2) is 9.43. The molecule has 11 heteroatoms. The summed E-state index contributed by atoms with van der Waals surface area (Å²) in [6, 6.07) is 0. The highest BCUT2D eigenvalue weighted by Crippen LogP contribution is 2.41. The van der Waals surface area contributed by atoms with E-state index in [-0.39, 0.29) is 6.54 Å². The second-order valence-corrected chi connectivity index (χ2v) is 10.5. The maximum atomic E-state index is 13.9. The molecule has 0 aliphatic carbocycles. The Balaban J connectivity index is 1.58. The lowest BCUT2D eigenvalue weighted by atomic mass is 9.97. The van der Waals surface area contributed by atoms with Gasteiger partial charge in [0, 0.05) is 37.3 Å². The van der Waals surface area contributed by atoms with Gasteiger partial charge in [0.25, 0.3) is 0 Å². The predicted molar refractivity (Wildman–Crippen MR) is 127 cm³/mol. The third-order valence-corrected chi connectivity index (χ3v) is 7.86. The van der Waals surface area contributed by atoms with E-state index in [9.17, 15) is 18.3 Å². The van der Waals surface area contributed by atoms with Crippen molar-refractivity contribution in [2.24, 2.45) is 13.0 Å². The number of rotatable bonds is 7. The molecular weight excluding hydrogens is 465 g/mol. The quantitative estimate of drug-likeness (QED) is 0.501. The molecule has 1 aliphatic rings. The lowest BCUT2D eigenvalue weighted by Gasteiger charge is -2.30. The predicted octanol–water partition coefficient (Wildman–Crippen LogP) is 4.53. The molecule has 4 rings (SSSR count). The lowest BCUT2D eigenvalue weighted by Crippen LogP contribution is -2.45. The van der Waals surface area contributed by atoms with Crippen LogP contribution in [0.1, 0.15) is 48.3 Å². The van der Waals surface area contributed by atoms with E-state index >= 15 is 0 Å². The molecule has 0 saturated carbocycles. The topological polar surface area (TPSA) is 79.1 Å². The summed E-state index contributed by atoms with van der Waals surface area (Å²) in [5.41, 5.74) is -2.06. The number of fused-ring (bicyclic) bond motifs is 1.